The van der Waals surface area contributed by atoms with Gasteiger partial charge in [-0.3, -0.25) is 24.7 Å². The number of amides is 3. The largest absolute Gasteiger partial charge is 0.447 e. The maximum absolute atomic E-state index is 13.3. The van der Waals surface area contributed by atoms with Gasteiger partial charge < -0.3 is 25.4 Å². The summed E-state index contributed by atoms with van der Waals surface area (Å²) in [7, 11) is 0. The van der Waals surface area contributed by atoms with Crippen molar-refractivity contribution in [1.82, 2.24) is 0 Å². The third-order valence-corrected chi connectivity index (χ3v) is 11.0. The van der Waals surface area contributed by atoms with Gasteiger partial charge in [-0.25, -0.2) is 4.79 Å². The number of ether oxygens (including phenoxy) is 1. The van der Waals surface area contributed by atoms with Gasteiger partial charge in [-0.1, -0.05) is 46.4 Å². The molecule has 2 saturated heterocycles. The van der Waals surface area contributed by atoms with Crippen molar-refractivity contribution >= 4 is 133 Å². The maximum atomic E-state index is 13.3. The molecule has 2 fully saturated rings. The third kappa shape index (κ3) is 8.34. The van der Waals surface area contributed by atoms with Crippen molar-refractivity contribution in [2.75, 3.05) is 43.9 Å². The molecule has 0 aliphatic carbocycles. The Kier molecular flexibility index (Phi) is 13.1. The topological polar surface area (TPSA) is 179 Å². The van der Waals surface area contributed by atoms with Crippen LogP contribution in [0.4, 0.5) is 38.9 Å². The van der Waals surface area contributed by atoms with Gasteiger partial charge in [0.05, 0.1) is 60.6 Å². The summed E-state index contributed by atoms with van der Waals surface area (Å²) < 4.78 is 4.80. The summed E-state index contributed by atoms with van der Waals surface area (Å²) in [4.78, 5) is 44.4. The lowest BCUT2D eigenvalue weighted by Crippen LogP contribution is -2.44. The number of carbonyl (C=O) groups excluding carboxylic acids is 3. The van der Waals surface area contributed by atoms with Gasteiger partial charge in [0.1, 0.15) is 29.8 Å². The van der Waals surface area contributed by atoms with Gasteiger partial charge in [-0.05, 0) is 125 Å². The number of aliphatic hydroxyl groups is 1. The van der Waals surface area contributed by atoms with E-state index in [1.165, 1.54) is 21.9 Å². The second kappa shape index (κ2) is 17.3. The van der Waals surface area contributed by atoms with Crippen molar-refractivity contribution in [3.63, 3.8) is 0 Å². The number of aliphatic hydroxyl groups excluding tert-OH is 1. The van der Waals surface area contributed by atoms with Crippen LogP contribution in [-0.2, 0) is 14.3 Å². The van der Waals surface area contributed by atoms with E-state index in [2.05, 4.69) is 5.32 Å². The summed E-state index contributed by atoms with van der Waals surface area (Å²) in [5, 5.41) is 31.0. The van der Waals surface area contributed by atoms with E-state index in [1.807, 2.05) is 12.1 Å². The van der Waals surface area contributed by atoms with Gasteiger partial charge in [0.2, 0.25) is 0 Å². The van der Waals surface area contributed by atoms with E-state index >= 15 is 0 Å². The van der Waals surface area contributed by atoms with Crippen LogP contribution in [0.5, 0.6) is 0 Å². The molecule has 0 bridgehead atoms. The van der Waals surface area contributed by atoms with Crippen molar-refractivity contribution in [2.45, 2.75) is 38.8 Å². The molecule has 0 aromatic heterocycles. The van der Waals surface area contributed by atoms with Crippen LogP contribution in [0.2, 0.25) is 20.1 Å². The van der Waals surface area contributed by atoms with E-state index in [0.717, 1.165) is 0 Å². The molecule has 13 nitrogen and oxygen atoms in total. The molecule has 2 heterocycles. The fourth-order valence-electron chi connectivity index (χ4n) is 6.08. The van der Waals surface area contributed by atoms with Crippen molar-refractivity contribution < 1.29 is 24.2 Å². The second-order valence-electron chi connectivity index (χ2n) is 13.5. The Labute approximate surface area is 364 Å². The predicted molar refractivity (Wildman–Crippen MR) is 235 cm³/mol. The number of rotatable bonds is 7. The van der Waals surface area contributed by atoms with E-state index in [0.29, 0.717) is 44.1 Å². The number of hydrogen-bond donors (Lipinski definition) is 3. The van der Waals surface area contributed by atoms with Crippen LogP contribution >= 0.6 is 70.8 Å². The molecule has 2 aliphatic heterocycles. The minimum atomic E-state index is -1.07. The van der Waals surface area contributed by atoms with Crippen LogP contribution in [0, 0.1) is 22.7 Å². The lowest BCUT2D eigenvalue weighted by Gasteiger charge is -2.30. The van der Waals surface area contributed by atoms with Gasteiger partial charge in [0.15, 0.2) is 10.2 Å². The monoisotopic (exact) mass is 896 g/mol. The molecule has 19 heteroatoms. The summed E-state index contributed by atoms with van der Waals surface area (Å²) in [5.74, 6) is -0.508. The Morgan fingerprint density at radius 3 is 1.57 bits per heavy atom. The smallest absolute Gasteiger partial charge is 0.411 e. The van der Waals surface area contributed by atoms with Crippen LogP contribution in [0.25, 0.3) is 0 Å². The van der Waals surface area contributed by atoms with Gasteiger partial charge in [-0.15, -0.1) is 0 Å². The summed E-state index contributed by atoms with van der Waals surface area (Å²) in [5.41, 5.74) is 7.27. The first-order chi connectivity index (χ1) is 27.3. The fourth-order valence-corrected chi connectivity index (χ4v) is 7.84. The number of nitrogens with two attached hydrogens (primary N) is 1. The van der Waals surface area contributed by atoms with Gasteiger partial charge in [0.25, 0.3) is 11.8 Å². The zero-order valence-corrected chi connectivity index (χ0v) is 35.7. The van der Waals surface area contributed by atoms with Crippen LogP contribution in [0.1, 0.15) is 38.8 Å². The van der Waals surface area contributed by atoms with Crippen LogP contribution in [-0.4, -0.2) is 57.5 Å². The molecule has 4 aromatic carbocycles. The number of nitriles is 2. The maximum Gasteiger partial charge on any atom is 0.411 e. The molecule has 298 valence electrons. The van der Waals surface area contributed by atoms with Crippen molar-refractivity contribution in [1.29, 1.82) is 10.5 Å². The average Bonchev–Trinajstić information content (AvgIpc) is 3.46. The van der Waals surface area contributed by atoms with Gasteiger partial charge in [-0.2, -0.15) is 10.5 Å². The summed E-state index contributed by atoms with van der Waals surface area (Å²) in [6.45, 7) is 6.50. The molecule has 2 aliphatic rings. The summed E-state index contributed by atoms with van der Waals surface area (Å²) in [6.07, 6.45) is -0.786. The fraction of sp³-hybridized carbons (Fsp3) is 0.205. The molecule has 4 aromatic rings. The molecule has 0 saturated carbocycles. The number of nitrogens with one attached hydrogen (secondary N) is 1. The Bertz CT molecular complexity index is 2470. The highest BCUT2D eigenvalue weighted by atomic mass is 35.5. The van der Waals surface area contributed by atoms with Crippen molar-refractivity contribution in [3.8, 4) is 12.1 Å². The number of nitrogens with zero attached hydrogens (tertiary/aromatic N) is 6. The minimum absolute atomic E-state index is 0.164. The Morgan fingerprint density at radius 1 is 0.724 bits per heavy atom. The summed E-state index contributed by atoms with van der Waals surface area (Å²) in [6, 6.07) is 23.3. The summed E-state index contributed by atoms with van der Waals surface area (Å²) >= 11 is 35.7. The first-order valence-electron chi connectivity index (χ1n) is 17.0. The number of nitrogen functional groups attached to an aromatic ring is 1. The number of thiocarbonyl (C=S) groups is 2. The first kappa shape index (κ1) is 43.9. The first-order valence-corrected chi connectivity index (χ1v) is 19.3. The zero-order chi connectivity index (χ0) is 42.9. The molecule has 58 heavy (non-hydrogen) atoms. The van der Waals surface area contributed by atoms with Crippen LogP contribution in [0.15, 0.2) is 72.8 Å². The van der Waals surface area contributed by atoms with Crippen molar-refractivity contribution in [2.24, 2.45) is 0 Å². The van der Waals surface area contributed by atoms with Gasteiger partial charge >= 0.3 is 6.09 Å². The Hall–Kier alpha value is -5.23. The number of carbonyl (C=O) groups is 3. The molecular formula is C39H32Cl4N8O5S2. The Balaban J connectivity index is 0.000000226. The normalized spacial score (nSPS) is 15.5. The molecule has 4 N–H and O–H groups in total. The molecule has 6 rings (SSSR count). The quantitative estimate of drug-likeness (QED) is 0.119. The predicted octanol–water partition coefficient (Wildman–Crippen LogP) is 8.69. The average molecular weight is 899 g/mol. The van der Waals surface area contributed by atoms with Gasteiger partial charge in [0, 0.05) is 11.4 Å². The SMILES string of the molecule is CC1(C)C(=O)N(c2ccc(C#N)c(Cl)c2)C(=S)N1c1ccc(Cl)c(N)c1.CC1(C)C(=O)N(c2ccc(C#N)c(Cl)c2)C(=S)N1c1ccc(Cl)c(NC(=O)OCCO)c1. The number of benzene rings is 4. The minimum Gasteiger partial charge on any atom is -0.447 e. The second-order valence-corrected chi connectivity index (χ2v) is 15.9. The highest BCUT2D eigenvalue weighted by Crippen LogP contribution is 2.41. The third-order valence-electron chi connectivity index (χ3n) is 9.01. The van der Waals surface area contributed by atoms with E-state index < -0.39 is 17.2 Å². The standard InChI is InChI=1S/C21H18Cl2N4O4S.C18H14Cl2N4OS/c1-21(2)18(29)26(13-4-3-12(11-24)16(23)9-13)20(32)27(21)14-5-6-15(22)17(10-14)25-19(30)31-8-7-28;1-18(2)16(25)23(11-4-3-10(9-21)14(20)7-11)17(26)24(18)12-5-6-13(19)15(22)8-12/h3-6,9-10,28H,7-8H2,1-2H3,(H,25,30);3-8H,22H2,1-2H3. The molecule has 0 atom stereocenters. The molecule has 0 radical (unpaired) electrons. The lowest BCUT2D eigenvalue weighted by atomic mass is 10.0. The zero-order valence-electron chi connectivity index (χ0n) is 31.0. The molecule has 0 unspecified atom stereocenters. The van der Waals surface area contributed by atoms with Crippen molar-refractivity contribution in [3.05, 3.63) is 104 Å². The molecular weight excluding hydrogens is 866 g/mol. The van der Waals surface area contributed by atoms with E-state index in [4.69, 9.17) is 96.9 Å². The van der Waals surface area contributed by atoms with E-state index in [1.54, 1.807) is 98.2 Å². The number of halogens is 4. The van der Waals surface area contributed by atoms with E-state index in [9.17, 15) is 14.4 Å². The van der Waals surface area contributed by atoms with E-state index in [-0.39, 0.29) is 56.5 Å². The lowest BCUT2D eigenvalue weighted by molar-refractivity contribution is -0.121. The Morgan fingerprint density at radius 2 is 1.16 bits per heavy atom. The highest BCUT2D eigenvalue weighted by molar-refractivity contribution is 7.81. The molecule has 0 spiro atoms. The van der Waals surface area contributed by atoms with Crippen LogP contribution < -0.4 is 30.7 Å². The highest BCUT2D eigenvalue weighted by Gasteiger charge is 2.51. The number of hydrogen-bond acceptors (Lipinski definition) is 10. The number of anilines is 6. The molecule has 3 amide bonds. The van der Waals surface area contributed by atoms with Crippen LogP contribution in [0.3, 0.4) is 0 Å².